The average Bonchev–Trinajstić information content (AvgIpc) is 2.60. The number of hydrazone groups is 1. The van der Waals surface area contributed by atoms with E-state index >= 15 is 0 Å². The van der Waals surface area contributed by atoms with Gasteiger partial charge in [-0.25, -0.2) is 5.43 Å². The molecule has 136 valence electrons. The highest BCUT2D eigenvalue weighted by molar-refractivity contribution is 6.06. The fourth-order valence-electron chi connectivity index (χ4n) is 2.70. The topological polar surface area (TPSA) is 79.3 Å². The van der Waals surface area contributed by atoms with Crippen LogP contribution in [0.2, 0.25) is 0 Å². The van der Waals surface area contributed by atoms with Crippen LogP contribution in [0.1, 0.15) is 30.2 Å². The lowest BCUT2D eigenvalue weighted by atomic mass is 9.92. The van der Waals surface area contributed by atoms with Crippen molar-refractivity contribution in [2.75, 3.05) is 5.32 Å². The van der Waals surface area contributed by atoms with Gasteiger partial charge in [0.15, 0.2) is 0 Å². The summed E-state index contributed by atoms with van der Waals surface area (Å²) in [5, 5.41) is 6.67. The number of nitrogens with zero attached hydrogens (tertiary/aromatic N) is 3. The zero-order valence-electron chi connectivity index (χ0n) is 13.8. The van der Waals surface area contributed by atoms with E-state index in [2.05, 4.69) is 25.8 Å². The van der Waals surface area contributed by atoms with Gasteiger partial charge < -0.3 is 5.32 Å². The second kappa shape index (κ2) is 7.11. The van der Waals surface area contributed by atoms with E-state index in [4.69, 9.17) is 0 Å². The summed E-state index contributed by atoms with van der Waals surface area (Å²) in [6, 6.07) is 3.97. The van der Waals surface area contributed by atoms with Crippen molar-refractivity contribution in [2.24, 2.45) is 11.0 Å². The highest BCUT2D eigenvalue weighted by atomic mass is 19.4. The quantitative estimate of drug-likeness (QED) is 0.875. The highest BCUT2D eigenvalue weighted by Crippen LogP contribution is 2.36. The SMILES string of the molecule is C[C@@H]1CC(=O)NN=C1c1ccc(NCc2cnccn2)c(C(F)(F)F)c1. The van der Waals surface area contributed by atoms with Gasteiger partial charge in [-0.1, -0.05) is 13.0 Å². The molecule has 0 bridgehead atoms. The summed E-state index contributed by atoms with van der Waals surface area (Å²) >= 11 is 0. The summed E-state index contributed by atoms with van der Waals surface area (Å²) in [7, 11) is 0. The molecule has 26 heavy (non-hydrogen) atoms. The first-order valence-electron chi connectivity index (χ1n) is 7.91. The predicted molar refractivity (Wildman–Crippen MR) is 89.3 cm³/mol. The molecule has 1 aromatic carbocycles. The Morgan fingerprint density at radius 3 is 2.77 bits per heavy atom. The third-order valence-electron chi connectivity index (χ3n) is 3.96. The van der Waals surface area contributed by atoms with E-state index in [0.717, 1.165) is 6.07 Å². The van der Waals surface area contributed by atoms with Crippen molar-refractivity contribution in [1.29, 1.82) is 0 Å². The van der Waals surface area contributed by atoms with E-state index in [1.807, 2.05) is 0 Å². The van der Waals surface area contributed by atoms with Crippen molar-refractivity contribution in [3.8, 4) is 0 Å². The fraction of sp³-hybridized carbons (Fsp3) is 0.294. The maximum Gasteiger partial charge on any atom is 0.418 e. The maximum absolute atomic E-state index is 13.5. The molecule has 0 radical (unpaired) electrons. The first-order valence-corrected chi connectivity index (χ1v) is 7.91. The van der Waals surface area contributed by atoms with Crippen molar-refractivity contribution in [3.05, 3.63) is 53.6 Å². The Balaban J connectivity index is 1.90. The summed E-state index contributed by atoms with van der Waals surface area (Å²) in [6.07, 6.45) is 0.0942. The minimum absolute atomic E-state index is 0.0556. The number of hydrogen-bond donors (Lipinski definition) is 2. The smallest absolute Gasteiger partial charge is 0.379 e. The minimum atomic E-state index is -4.54. The molecule has 1 atom stereocenters. The second-order valence-corrected chi connectivity index (χ2v) is 5.95. The maximum atomic E-state index is 13.5. The van der Waals surface area contributed by atoms with Crippen LogP contribution in [-0.2, 0) is 17.5 Å². The number of halogens is 3. The van der Waals surface area contributed by atoms with Crippen molar-refractivity contribution >= 4 is 17.3 Å². The number of anilines is 1. The number of amides is 1. The van der Waals surface area contributed by atoms with Crippen LogP contribution in [0.4, 0.5) is 18.9 Å². The number of rotatable bonds is 4. The van der Waals surface area contributed by atoms with Crippen molar-refractivity contribution < 1.29 is 18.0 Å². The predicted octanol–water partition coefficient (Wildman–Crippen LogP) is 2.97. The second-order valence-electron chi connectivity index (χ2n) is 5.95. The van der Waals surface area contributed by atoms with E-state index < -0.39 is 11.7 Å². The standard InChI is InChI=1S/C17H16F3N5O/c1-10-6-15(26)24-25-16(10)11-2-3-14(13(7-11)17(18,19)20)23-9-12-8-21-4-5-22-12/h2-5,7-8,10,23H,6,9H2,1H3,(H,24,26)/t10-/m1/s1. The molecule has 1 aliphatic rings. The number of hydrogen-bond acceptors (Lipinski definition) is 5. The molecule has 0 fully saturated rings. The first kappa shape index (κ1) is 17.8. The zero-order valence-corrected chi connectivity index (χ0v) is 13.8. The molecule has 9 heteroatoms. The van der Waals surface area contributed by atoms with Crippen LogP contribution in [0.3, 0.4) is 0 Å². The molecule has 0 spiro atoms. The molecule has 0 saturated heterocycles. The van der Waals surface area contributed by atoms with Gasteiger partial charge in [-0.3, -0.25) is 14.8 Å². The Hall–Kier alpha value is -2.97. The van der Waals surface area contributed by atoms with E-state index in [9.17, 15) is 18.0 Å². The Kier molecular flexibility index (Phi) is 4.88. The molecule has 2 heterocycles. The average molecular weight is 363 g/mol. The molecule has 1 amide bonds. The van der Waals surface area contributed by atoms with Crippen LogP contribution in [0.25, 0.3) is 0 Å². The number of benzene rings is 1. The number of carbonyl (C=O) groups excluding carboxylic acids is 1. The highest BCUT2D eigenvalue weighted by Gasteiger charge is 2.34. The van der Waals surface area contributed by atoms with Crippen molar-refractivity contribution in [2.45, 2.75) is 26.1 Å². The van der Waals surface area contributed by atoms with Crippen LogP contribution in [0.5, 0.6) is 0 Å². The normalized spacial score (nSPS) is 17.5. The van der Waals surface area contributed by atoms with Gasteiger partial charge in [0.1, 0.15) is 0 Å². The number of alkyl halides is 3. The minimum Gasteiger partial charge on any atom is -0.379 e. The summed E-state index contributed by atoms with van der Waals surface area (Å²) in [4.78, 5) is 19.2. The van der Waals surface area contributed by atoms with E-state index in [0.29, 0.717) is 17.0 Å². The largest absolute Gasteiger partial charge is 0.418 e. The number of nitrogens with one attached hydrogen (secondary N) is 2. The zero-order chi connectivity index (χ0) is 18.7. The monoisotopic (exact) mass is 363 g/mol. The van der Waals surface area contributed by atoms with Gasteiger partial charge in [0.25, 0.3) is 0 Å². The molecular formula is C17H16F3N5O. The lowest BCUT2D eigenvalue weighted by Crippen LogP contribution is -2.32. The molecule has 1 aromatic heterocycles. The summed E-state index contributed by atoms with van der Waals surface area (Å²) < 4.78 is 40.5. The van der Waals surface area contributed by atoms with E-state index in [1.54, 1.807) is 13.0 Å². The Morgan fingerprint density at radius 2 is 2.12 bits per heavy atom. The van der Waals surface area contributed by atoms with Crippen molar-refractivity contribution in [1.82, 2.24) is 15.4 Å². The molecule has 0 aliphatic carbocycles. The third-order valence-corrected chi connectivity index (χ3v) is 3.96. The molecule has 6 nitrogen and oxygen atoms in total. The number of carbonyl (C=O) groups is 1. The summed E-state index contributed by atoms with van der Waals surface area (Å²) in [5.74, 6) is -0.511. The Bertz CT molecular complexity index is 836. The first-order chi connectivity index (χ1) is 12.3. The molecule has 3 rings (SSSR count). The van der Waals surface area contributed by atoms with Gasteiger partial charge in [0.05, 0.1) is 29.7 Å². The van der Waals surface area contributed by atoms with Crippen LogP contribution < -0.4 is 10.7 Å². The van der Waals surface area contributed by atoms with Crippen LogP contribution in [0.15, 0.2) is 41.9 Å². The van der Waals surface area contributed by atoms with Gasteiger partial charge >= 0.3 is 6.18 Å². The lowest BCUT2D eigenvalue weighted by molar-refractivity contribution is -0.137. The van der Waals surface area contributed by atoms with Crippen LogP contribution >= 0.6 is 0 Å². The molecule has 2 N–H and O–H groups in total. The lowest BCUT2D eigenvalue weighted by Gasteiger charge is -2.21. The number of aromatic nitrogens is 2. The van der Waals surface area contributed by atoms with E-state index in [-0.39, 0.29) is 30.5 Å². The fourth-order valence-corrected chi connectivity index (χ4v) is 2.70. The van der Waals surface area contributed by atoms with E-state index in [1.165, 1.54) is 24.7 Å². The Morgan fingerprint density at radius 1 is 1.31 bits per heavy atom. The van der Waals surface area contributed by atoms with Gasteiger partial charge in [-0.2, -0.15) is 18.3 Å². The Labute approximate surface area is 147 Å². The van der Waals surface area contributed by atoms with Gasteiger partial charge in [-0.15, -0.1) is 0 Å². The summed E-state index contributed by atoms with van der Waals surface area (Å²) in [5.41, 5.74) is 2.74. The van der Waals surface area contributed by atoms with Crippen molar-refractivity contribution in [3.63, 3.8) is 0 Å². The summed E-state index contributed by atoms with van der Waals surface area (Å²) in [6.45, 7) is 1.87. The van der Waals surface area contributed by atoms with Gasteiger partial charge in [0, 0.05) is 30.4 Å². The molecule has 1 aliphatic heterocycles. The van der Waals surface area contributed by atoms with Crippen LogP contribution in [-0.4, -0.2) is 21.6 Å². The van der Waals surface area contributed by atoms with Gasteiger partial charge in [0.2, 0.25) is 5.91 Å². The molecular weight excluding hydrogens is 347 g/mol. The third kappa shape index (κ3) is 3.98. The molecule has 0 unspecified atom stereocenters. The molecule has 0 saturated carbocycles. The van der Waals surface area contributed by atoms with Crippen LogP contribution in [0, 0.1) is 5.92 Å². The molecule has 2 aromatic rings. The van der Waals surface area contributed by atoms with Gasteiger partial charge in [-0.05, 0) is 17.7 Å².